The Labute approximate surface area is 95.7 Å². The predicted octanol–water partition coefficient (Wildman–Crippen LogP) is 2.64. The van der Waals surface area contributed by atoms with Crippen LogP contribution >= 0.6 is 11.6 Å². The predicted molar refractivity (Wildman–Crippen MR) is 65.1 cm³/mol. The highest BCUT2D eigenvalue weighted by molar-refractivity contribution is 6.31. The molecule has 0 bridgehead atoms. The first-order valence-corrected chi connectivity index (χ1v) is 5.19. The van der Waals surface area contributed by atoms with Gasteiger partial charge in [0, 0.05) is 18.7 Å². The molecule has 0 atom stereocenters. The molecule has 2 nitrogen and oxygen atoms in total. The van der Waals surface area contributed by atoms with Gasteiger partial charge in [0.1, 0.15) is 0 Å². The molecule has 0 heterocycles. The molecule has 2 N–H and O–H groups in total. The van der Waals surface area contributed by atoms with Crippen molar-refractivity contribution >= 4 is 17.7 Å². The van der Waals surface area contributed by atoms with Crippen molar-refractivity contribution in [3.8, 4) is 0 Å². The van der Waals surface area contributed by atoms with Gasteiger partial charge in [-0.05, 0) is 29.7 Å². The molecule has 0 aliphatic rings. The first-order chi connectivity index (χ1) is 7.17. The summed E-state index contributed by atoms with van der Waals surface area (Å²) in [5.74, 6) is 0. The highest BCUT2D eigenvalue weighted by atomic mass is 35.5. The van der Waals surface area contributed by atoms with E-state index in [4.69, 9.17) is 22.1 Å². The summed E-state index contributed by atoms with van der Waals surface area (Å²) in [7, 11) is 1.66. The molecule has 1 aromatic carbocycles. The number of hydrogen-bond acceptors (Lipinski definition) is 2. The van der Waals surface area contributed by atoms with E-state index in [1.165, 1.54) is 0 Å². The Balaban J connectivity index is 2.91. The Bertz CT molecular complexity index is 361. The van der Waals surface area contributed by atoms with E-state index in [2.05, 4.69) is 0 Å². The van der Waals surface area contributed by atoms with Gasteiger partial charge in [0.25, 0.3) is 0 Å². The summed E-state index contributed by atoms with van der Waals surface area (Å²) in [6.07, 6.45) is 2.03. The van der Waals surface area contributed by atoms with Gasteiger partial charge < -0.3 is 10.5 Å². The minimum Gasteiger partial charge on any atom is -0.380 e. The largest absolute Gasteiger partial charge is 0.380 e. The van der Waals surface area contributed by atoms with Gasteiger partial charge in [-0.25, -0.2) is 0 Å². The fourth-order valence-corrected chi connectivity index (χ4v) is 1.46. The van der Waals surface area contributed by atoms with E-state index in [-0.39, 0.29) is 0 Å². The summed E-state index contributed by atoms with van der Waals surface area (Å²) < 4.78 is 5.05. The van der Waals surface area contributed by atoms with Crippen molar-refractivity contribution in [3.63, 3.8) is 0 Å². The van der Waals surface area contributed by atoms with Crippen molar-refractivity contribution < 1.29 is 4.74 Å². The van der Waals surface area contributed by atoms with Crippen molar-refractivity contribution in [2.45, 2.75) is 6.92 Å². The molecule has 1 rings (SSSR count). The number of benzene rings is 1. The molecule has 0 radical (unpaired) electrons. The molecule has 0 spiro atoms. The van der Waals surface area contributed by atoms with Gasteiger partial charge >= 0.3 is 0 Å². The molecule has 3 heteroatoms. The zero-order valence-corrected chi connectivity index (χ0v) is 9.84. The maximum Gasteiger partial charge on any atom is 0.0688 e. The number of halogens is 1. The van der Waals surface area contributed by atoms with Crippen LogP contribution < -0.4 is 5.73 Å². The molecule has 0 amide bonds. The molecule has 0 saturated heterocycles. The summed E-state index contributed by atoms with van der Waals surface area (Å²) in [4.78, 5) is 0. The lowest BCUT2D eigenvalue weighted by Crippen LogP contribution is -2.07. The highest BCUT2D eigenvalue weighted by Gasteiger charge is 1.98. The molecule has 0 aliphatic carbocycles. The molecule has 82 valence electrons. The van der Waals surface area contributed by atoms with Gasteiger partial charge in [-0.1, -0.05) is 29.8 Å². The maximum absolute atomic E-state index is 5.94. The molecular weight excluding hydrogens is 210 g/mol. The lowest BCUT2D eigenvalue weighted by atomic mass is 10.1. The van der Waals surface area contributed by atoms with Crippen LogP contribution in [0.15, 0.2) is 23.8 Å². The van der Waals surface area contributed by atoms with Crippen molar-refractivity contribution in [1.29, 1.82) is 0 Å². The molecule has 0 aliphatic heterocycles. The van der Waals surface area contributed by atoms with Crippen molar-refractivity contribution in [2.24, 2.45) is 5.73 Å². The van der Waals surface area contributed by atoms with E-state index in [1.807, 2.05) is 31.2 Å². The van der Waals surface area contributed by atoms with Crippen LogP contribution in [0.5, 0.6) is 0 Å². The molecule has 0 unspecified atom stereocenters. The van der Waals surface area contributed by atoms with E-state index in [9.17, 15) is 0 Å². The fourth-order valence-electron chi connectivity index (χ4n) is 1.34. The lowest BCUT2D eigenvalue weighted by Gasteiger charge is -2.04. The zero-order chi connectivity index (χ0) is 11.3. The third-order valence-electron chi connectivity index (χ3n) is 2.14. The van der Waals surface area contributed by atoms with Crippen molar-refractivity contribution in [1.82, 2.24) is 0 Å². The minimum atomic E-state index is 0.509. The second-order valence-corrected chi connectivity index (χ2v) is 3.86. The first-order valence-electron chi connectivity index (χ1n) is 4.82. The minimum absolute atomic E-state index is 0.509. The fraction of sp³-hybridized carbons (Fsp3) is 0.333. The summed E-state index contributed by atoms with van der Waals surface area (Å²) in [5.41, 5.74) is 8.84. The topological polar surface area (TPSA) is 35.2 Å². The first kappa shape index (κ1) is 12.2. The Morgan fingerprint density at radius 1 is 1.53 bits per heavy atom. The number of aryl methyl sites for hydroxylation is 1. The number of ether oxygens (including phenoxy) is 1. The molecular formula is C12H16ClNO. The van der Waals surface area contributed by atoms with Crippen LogP contribution in [0.1, 0.15) is 11.1 Å². The lowest BCUT2D eigenvalue weighted by molar-refractivity contribution is 0.225. The second kappa shape index (κ2) is 5.91. The number of rotatable bonds is 4. The molecule has 15 heavy (non-hydrogen) atoms. The standard InChI is InChI=1S/C12H16ClNO/c1-9-5-10(3-4-12(9)13)6-11(7-14)8-15-2/h3-6H,7-8,14H2,1-2H3/b11-6+. The quantitative estimate of drug-likeness (QED) is 0.855. The SMILES string of the molecule is COC/C(=C/c1ccc(Cl)c(C)c1)CN. The Hall–Kier alpha value is -0.830. The Morgan fingerprint density at radius 2 is 2.27 bits per heavy atom. The van der Waals surface area contributed by atoms with Crippen LogP contribution in [0.3, 0.4) is 0 Å². The van der Waals surface area contributed by atoms with Crippen LogP contribution in [0.2, 0.25) is 5.02 Å². The summed E-state index contributed by atoms with van der Waals surface area (Å²) in [6.45, 7) is 3.06. The van der Waals surface area contributed by atoms with Crippen molar-refractivity contribution in [3.05, 3.63) is 39.9 Å². The summed E-state index contributed by atoms with van der Waals surface area (Å²) >= 11 is 5.94. The maximum atomic E-state index is 5.94. The van der Waals surface area contributed by atoms with Crippen LogP contribution in [0, 0.1) is 6.92 Å². The van der Waals surface area contributed by atoms with Gasteiger partial charge in [-0.2, -0.15) is 0 Å². The molecule has 0 fully saturated rings. The zero-order valence-electron chi connectivity index (χ0n) is 9.09. The Kier molecular flexibility index (Phi) is 4.82. The van der Waals surface area contributed by atoms with Gasteiger partial charge in [0.15, 0.2) is 0 Å². The Morgan fingerprint density at radius 3 is 2.80 bits per heavy atom. The summed E-state index contributed by atoms with van der Waals surface area (Å²) in [5, 5.41) is 0.785. The van der Waals surface area contributed by atoms with E-state index in [0.717, 1.165) is 21.7 Å². The average molecular weight is 226 g/mol. The van der Waals surface area contributed by atoms with E-state index < -0.39 is 0 Å². The van der Waals surface area contributed by atoms with Crippen LogP contribution in [0.25, 0.3) is 6.08 Å². The van der Waals surface area contributed by atoms with Crippen LogP contribution in [-0.2, 0) is 4.74 Å². The van der Waals surface area contributed by atoms with E-state index in [1.54, 1.807) is 7.11 Å². The van der Waals surface area contributed by atoms with Gasteiger partial charge in [0.2, 0.25) is 0 Å². The average Bonchev–Trinajstić information content (AvgIpc) is 2.23. The molecule has 0 saturated carbocycles. The third-order valence-corrected chi connectivity index (χ3v) is 2.57. The normalized spacial score (nSPS) is 11.9. The number of hydrogen-bond donors (Lipinski definition) is 1. The smallest absolute Gasteiger partial charge is 0.0688 e. The molecule has 0 aromatic heterocycles. The van der Waals surface area contributed by atoms with E-state index >= 15 is 0 Å². The summed E-state index contributed by atoms with van der Waals surface area (Å²) in [6, 6.07) is 5.90. The second-order valence-electron chi connectivity index (χ2n) is 3.45. The van der Waals surface area contributed by atoms with Crippen LogP contribution in [-0.4, -0.2) is 20.3 Å². The molecule has 1 aromatic rings. The van der Waals surface area contributed by atoms with Gasteiger partial charge in [-0.15, -0.1) is 0 Å². The number of nitrogens with two attached hydrogens (primary N) is 1. The van der Waals surface area contributed by atoms with E-state index in [0.29, 0.717) is 13.2 Å². The third kappa shape index (κ3) is 3.67. The number of methoxy groups -OCH3 is 1. The van der Waals surface area contributed by atoms with Crippen molar-refractivity contribution in [2.75, 3.05) is 20.3 Å². The van der Waals surface area contributed by atoms with Gasteiger partial charge in [-0.3, -0.25) is 0 Å². The monoisotopic (exact) mass is 225 g/mol. The highest BCUT2D eigenvalue weighted by Crippen LogP contribution is 2.17. The van der Waals surface area contributed by atoms with Crippen LogP contribution in [0.4, 0.5) is 0 Å². The van der Waals surface area contributed by atoms with Gasteiger partial charge in [0.05, 0.1) is 6.61 Å².